The highest BCUT2D eigenvalue weighted by Gasteiger charge is 2.46. The number of benzene rings is 1. The molecule has 0 saturated heterocycles. The predicted octanol–water partition coefficient (Wildman–Crippen LogP) is 3.15. The van der Waals surface area contributed by atoms with Crippen LogP contribution in [0.15, 0.2) is 60.9 Å². The molecule has 27 heavy (non-hydrogen) atoms. The van der Waals surface area contributed by atoms with Crippen LogP contribution < -0.4 is 15.8 Å². The zero-order valence-corrected chi connectivity index (χ0v) is 15.0. The maximum atomic E-state index is 12.6. The van der Waals surface area contributed by atoms with Gasteiger partial charge in [-0.05, 0) is 42.7 Å². The third-order valence-corrected chi connectivity index (χ3v) is 4.87. The first kappa shape index (κ1) is 17.0. The van der Waals surface area contributed by atoms with Crippen LogP contribution in [0.2, 0.25) is 0 Å². The molecular formula is C21H20N4O2. The highest BCUT2D eigenvalue weighted by molar-refractivity contribution is 5.95. The van der Waals surface area contributed by atoms with E-state index in [1.807, 2.05) is 30.3 Å². The first-order valence-electron chi connectivity index (χ1n) is 8.75. The van der Waals surface area contributed by atoms with Gasteiger partial charge in [0.1, 0.15) is 5.82 Å². The highest BCUT2D eigenvalue weighted by Crippen LogP contribution is 2.46. The Morgan fingerprint density at radius 1 is 1.11 bits per heavy atom. The molecule has 2 aromatic heterocycles. The molecule has 2 heterocycles. The number of amides is 1. The number of carbonyl (C=O) groups is 1. The van der Waals surface area contributed by atoms with E-state index in [2.05, 4.69) is 15.3 Å². The lowest BCUT2D eigenvalue weighted by Crippen LogP contribution is -2.35. The van der Waals surface area contributed by atoms with Crippen molar-refractivity contribution in [2.75, 3.05) is 12.8 Å². The van der Waals surface area contributed by atoms with Gasteiger partial charge < -0.3 is 15.8 Å². The molecule has 1 saturated carbocycles. The standard InChI is InChI=1S/C21H20N4O2/c1-27-18-8-7-15(12-23-18)17-11-16(13-24-19(17)22)21(9-10-21)25-20(26)14-5-3-2-4-6-14/h2-8,11-13H,9-10H2,1H3,(H2,22,24)(H,25,26). The first-order valence-corrected chi connectivity index (χ1v) is 8.75. The number of aromatic nitrogens is 2. The van der Waals surface area contributed by atoms with Gasteiger partial charge in [-0.3, -0.25) is 4.79 Å². The summed E-state index contributed by atoms with van der Waals surface area (Å²) < 4.78 is 5.10. The Labute approximate surface area is 157 Å². The lowest BCUT2D eigenvalue weighted by atomic mass is 10.0. The Bertz CT molecular complexity index is 967. The minimum absolute atomic E-state index is 0.0856. The number of methoxy groups -OCH3 is 1. The van der Waals surface area contributed by atoms with E-state index < -0.39 is 0 Å². The smallest absolute Gasteiger partial charge is 0.251 e. The number of rotatable bonds is 5. The summed E-state index contributed by atoms with van der Waals surface area (Å²) in [4.78, 5) is 21.2. The number of nitrogens with two attached hydrogens (primary N) is 1. The number of carbonyl (C=O) groups excluding carboxylic acids is 1. The Balaban J connectivity index is 1.63. The molecule has 136 valence electrons. The van der Waals surface area contributed by atoms with Gasteiger partial charge in [0.2, 0.25) is 5.88 Å². The van der Waals surface area contributed by atoms with Crippen LogP contribution in [0.1, 0.15) is 28.8 Å². The molecule has 0 bridgehead atoms. The van der Waals surface area contributed by atoms with Crippen molar-refractivity contribution >= 4 is 11.7 Å². The van der Waals surface area contributed by atoms with E-state index in [0.717, 1.165) is 29.5 Å². The normalized spacial score (nSPS) is 14.4. The molecule has 1 aliphatic rings. The molecule has 1 aliphatic carbocycles. The van der Waals surface area contributed by atoms with Gasteiger partial charge in [-0.25, -0.2) is 9.97 Å². The fourth-order valence-corrected chi connectivity index (χ4v) is 3.12. The Morgan fingerprint density at radius 3 is 2.52 bits per heavy atom. The molecule has 6 heteroatoms. The first-order chi connectivity index (χ1) is 13.1. The second-order valence-corrected chi connectivity index (χ2v) is 6.65. The molecular weight excluding hydrogens is 340 g/mol. The van der Waals surface area contributed by atoms with Crippen molar-refractivity contribution in [2.24, 2.45) is 0 Å². The molecule has 0 unspecified atom stereocenters. The molecule has 1 fully saturated rings. The molecule has 0 spiro atoms. The van der Waals surface area contributed by atoms with Crippen LogP contribution in [0.3, 0.4) is 0 Å². The Hall–Kier alpha value is -3.41. The van der Waals surface area contributed by atoms with Crippen molar-refractivity contribution < 1.29 is 9.53 Å². The maximum Gasteiger partial charge on any atom is 0.251 e. The molecule has 3 N–H and O–H groups in total. The lowest BCUT2D eigenvalue weighted by Gasteiger charge is -2.19. The number of hydrogen-bond acceptors (Lipinski definition) is 5. The summed E-state index contributed by atoms with van der Waals surface area (Å²) in [5, 5.41) is 3.16. The van der Waals surface area contributed by atoms with Crippen LogP contribution in [-0.4, -0.2) is 23.0 Å². The number of hydrogen-bond donors (Lipinski definition) is 2. The summed E-state index contributed by atoms with van der Waals surface area (Å²) in [6.07, 6.45) is 5.20. The van der Waals surface area contributed by atoms with Crippen molar-refractivity contribution in [2.45, 2.75) is 18.4 Å². The minimum Gasteiger partial charge on any atom is -0.481 e. The van der Waals surface area contributed by atoms with Gasteiger partial charge in [0.05, 0.1) is 12.6 Å². The largest absolute Gasteiger partial charge is 0.481 e. The second-order valence-electron chi connectivity index (χ2n) is 6.65. The van der Waals surface area contributed by atoms with E-state index in [1.165, 1.54) is 0 Å². The fourth-order valence-electron chi connectivity index (χ4n) is 3.12. The average molecular weight is 360 g/mol. The molecule has 4 rings (SSSR count). The van der Waals surface area contributed by atoms with Gasteiger partial charge in [-0.15, -0.1) is 0 Å². The fraction of sp³-hybridized carbons (Fsp3) is 0.190. The van der Waals surface area contributed by atoms with Crippen molar-refractivity contribution in [3.63, 3.8) is 0 Å². The van der Waals surface area contributed by atoms with Crippen molar-refractivity contribution in [3.8, 4) is 17.0 Å². The van der Waals surface area contributed by atoms with Gasteiger partial charge in [0.25, 0.3) is 5.91 Å². The molecule has 6 nitrogen and oxygen atoms in total. The summed E-state index contributed by atoms with van der Waals surface area (Å²) in [5.41, 5.74) is 8.95. The summed E-state index contributed by atoms with van der Waals surface area (Å²) in [5.74, 6) is 0.878. The Morgan fingerprint density at radius 2 is 1.89 bits per heavy atom. The summed E-state index contributed by atoms with van der Waals surface area (Å²) >= 11 is 0. The maximum absolute atomic E-state index is 12.6. The van der Waals surface area contributed by atoms with Crippen molar-refractivity contribution in [1.82, 2.24) is 15.3 Å². The number of ether oxygens (including phenoxy) is 1. The zero-order valence-electron chi connectivity index (χ0n) is 15.0. The van der Waals surface area contributed by atoms with Crippen LogP contribution in [0.4, 0.5) is 5.82 Å². The van der Waals surface area contributed by atoms with Crippen LogP contribution >= 0.6 is 0 Å². The zero-order chi connectivity index (χ0) is 18.9. The van der Waals surface area contributed by atoms with Crippen LogP contribution in [-0.2, 0) is 5.54 Å². The molecule has 3 aromatic rings. The quantitative estimate of drug-likeness (QED) is 0.729. The molecule has 1 aromatic carbocycles. The lowest BCUT2D eigenvalue weighted by molar-refractivity contribution is 0.0931. The molecule has 1 amide bonds. The van der Waals surface area contributed by atoms with Crippen molar-refractivity contribution in [3.05, 3.63) is 72.1 Å². The van der Waals surface area contributed by atoms with Crippen LogP contribution in [0, 0.1) is 0 Å². The topological polar surface area (TPSA) is 90.1 Å². The highest BCUT2D eigenvalue weighted by atomic mass is 16.5. The second kappa shape index (κ2) is 6.72. The molecule has 0 atom stereocenters. The summed E-state index contributed by atoms with van der Waals surface area (Å²) in [6, 6.07) is 14.9. The van der Waals surface area contributed by atoms with Gasteiger partial charge in [-0.1, -0.05) is 18.2 Å². The van der Waals surface area contributed by atoms with E-state index in [4.69, 9.17) is 10.5 Å². The van der Waals surface area contributed by atoms with Crippen LogP contribution in [0.25, 0.3) is 11.1 Å². The molecule has 0 aliphatic heterocycles. The van der Waals surface area contributed by atoms with E-state index in [9.17, 15) is 4.79 Å². The minimum atomic E-state index is -0.387. The van der Waals surface area contributed by atoms with Crippen LogP contribution in [0.5, 0.6) is 5.88 Å². The Kier molecular flexibility index (Phi) is 4.24. The third-order valence-electron chi connectivity index (χ3n) is 4.87. The summed E-state index contributed by atoms with van der Waals surface area (Å²) in [6.45, 7) is 0. The van der Waals surface area contributed by atoms with Gasteiger partial charge in [-0.2, -0.15) is 0 Å². The number of anilines is 1. The average Bonchev–Trinajstić information content (AvgIpc) is 3.49. The van der Waals surface area contributed by atoms with E-state index in [0.29, 0.717) is 17.3 Å². The van der Waals surface area contributed by atoms with Gasteiger partial charge in [0.15, 0.2) is 0 Å². The van der Waals surface area contributed by atoms with Gasteiger partial charge >= 0.3 is 0 Å². The van der Waals surface area contributed by atoms with E-state index >= 15 is 0 Å². The summed E-state index contributed by atoms with van der Waals surface area (Å²) in [7, 11) is 1.57. The monoisotopic (exact) mass is 360 g/mol. The number of nitrogens with one attached hydrogen (secondary N) is 1. The molecule has 0 radical (unpaired) electrons. The number of nitrogen functional groups attached to an aromatic ring is 1. The SMILES string of the molecule is COc1ccc(-c2cc(C3(NC(=O)c4ccccc4)CC3)cnc2N)cn1. The predicted molar refractivity (Wildman–Crippen MR) is 103 cm³/mol. The number of nitrogens with zero attached hydrogens (tertiary/aromatic N) is 2. The van der Waals surface area contributed by atoms with Crippen molar-refractivity contribution in [1.29, 1.82) is 0 Å². The third kappa shape index (κ3) is 3.33. The van der Waals surface area contributed by atoms with E-state index in [1.54, 1.807) is 37.7 Å². The number of pyridine rings is 2. The van der Waals surface area contributed by atoms with E-state index in [-0.39, 0.29) is 11.4 Å². The van der Waals surface area contributed by atoms with Gasteiger partial charge in [0, 0.05) is 35.2 Å².